The topological polar surface area (TPSA) is 75.1 Å². The third kappa shape index (κ3) is 6.53. The van der Waals surface area contributed by atoms with Gasteiger partial charge >= 0.3 is 0 Å². The van der Waals surface area contributed by atoms with E-state index in [0.29, 0.717) is 23.9 Å². The number of aliphatic imine (C=N–C) groups is 1. The number of halogens is 1. The second-order valence-electron chi connectivity index (χ2n) is 6.15. The van der Waals surface area contributed by atoms with Crippen LogP contribution in [0.2, 0.25) is 5.02 Å². The van der Waals surface area contributed by atoms with Crippen LogP contribution in [0.25, 0.3) is 0 Å². The first-order chi connectivity index (χ1) is 13.6. The molecule has 3 N–H and O–H groups in total. The van der Waals surface area contributed by atoms with Gasteiger partial charge in [0.1, 0.15) is 5.75 Å². The molecule has 0 aromatic heterocycles. The summed E-state index contributed by atoms with van der Waals surface area (Å²) in [7, 11) is 3.17. The molecule has 152 valence electrons. The summed E-state index contributed by atoms with van der Waals surface area (Å²) < 4.78 is 10.3. The molecule has 28 heavy (non-hydrogen) atoms. The Morgan fingerprint density at radius 2 is 1.89 bits per heavy atom. The van der Waals surface area contributed by atoms with Crippen molar-refractivity contribution in [1.82, 2.24) is 10.6 Å². The summed E-state index contributed by atoms with van der Waals surface area (Å²) in [5, 5.41) is 16.9. The van der Waals surface area contributed by atoms with E-state index < -0.39 is 0 Å². The van der Waals surface area contributed by atoms with Crippen LogP contribution in [0.4, 0.5) is 0 Å². The zero-order valence-corrected chi connectivity index (χ0v) is 17.3. The Balaban J connectivity index is 1.88. The molecule has 0 saturated heterocycles. The Kier molecular flexibility index (Phi) is 8.75. The van der Waals surface area contributed by atoms with E-state index in [1.807, 2.05) is 37.3 Å². The molecule has 0 aliphatic rings. The predicted octanol–water partition coefficient (Wildman–Crippen LogP) is 3.40. The summed E-state index contributed by atoms with van der Waals surface area (Å²) in [6.45, 7) is 4.14. The molecular weight excluding hydrogens is 378 g/mol. The molecule has 6 nitrogen and oxygen atoms in total. The lowest BCUT2D eigenvalue weighted by molar-refractivity contribution is 0.373. The van der Waals surface area contributed by atoms with Crippen molar-refractivity contribution in [1.29, 1.82) is 0 Å². The van der Waals surface area contributed by atoms with Gasteiger partial charge in [-0.3, -0.25) is 4.99 Å². The largest absolute Gasteiger partial charge is 0.504 e. The third-order valence-corrected chi connectivity index (χ3v) is 4.56. The molecule has 0 heterocycles. The van der Waals surface area contributed by atoms with Gasteiger partial charge in [0.05, 0.1) is 14.2 Å². The van der Waals surface area contributed by atoms with Crippen LogP contribution in [-0.4, -0.2) is 44.9 Å². The Labute approximate surface area is 171 Å². The highest BCUT2D eigenvalue weighted by molar-refractivity contribution is 6.31. The highest BCUT2D eigenvalue weighted by atomic mass is 35.5. The molecule has 0 saturated carbocycles. The minimum absolute atomic E-state index is 0.145. The van der Waals surface area contributed by atoms with Crippen molar-refractivity contribution in [3.8, 4) is 17.2 Å². The number of phenolic OH excluding ortho intramolecular Hbond substituents is 1. The van der Waals surface area contributed by atoms with Crippen LogP contribution >= 0.6 is 11.6 Å². The number of guanidine groups is 1. The van der Waals surface area contributed by atoms with Gasteiger partial charge in [-0.05, 0) is 55.2 Å². The number of aromatic hydroxyl groups is 1. The number of methoxy groups -OCH3 is 2. The highest BCUT2D eigenvalue weighted by Gasteiger charge is 2.05. The third-order valence-electron chi connectivity index (χ3n) is 4.21. The molecule has 0 atom stereocenters. The van der Waals surface area contributed by atoms with Gasteiger partial charge in [0, 0.05) is 24.7 Å². The smallest absolute Gasteiger partial charge is 0.191 e. The van der Waals surface area contributed by atoms with Crippen LogP contribution in [0, 0.1) is 0 Å². The number of nitrogens with one attached hydrogen (secondary N) is 2. The monoisotopic (exact) mass is 405 g/mol. The van der Waals surface area contributed by atoms with Crippen molar-refractivity contribution in [3.63, 3.8) is 0 Å². The molecule has 0 aliphatic heterocycles. The predicted molar refractivity (Wildman–Crippen MR) is 114 cm³/mol. The highest BCUT2D eigenvalue weighted by Crippen LogP contribution is 2.26. The van der Waals surface area contributed by atoms with Crippen molar-refractivity contribution < 1.29 is 14.6 Å². The molecule has 0 bridgehead atoms. The average Bonchev–Trinajstić information content (AvgIpc) is 2.70. The summed E-state index contributed by atoms with van der Waals surface area (Å²) in [5.74, 6) is 2.14. The van der Waals surface area contributed by atoms with Gasteiger partial charge in [-0.1, -0.05) is 23.7 Å². The fraction of sp³-hybridized carbons (Fsp3) is 0.381. The van der Waals surface area contributed by atoms with Crippen LogP contribution in [0.15, 0.2) is 41.4 Å². The van der Waals surface area contributed by atoms with E-state index in [1.54, 1.807) is 20.3 Å². The number of hydrogen-bond acceptors (Lipinski definition) is 4. The fourth-order valence-electron chi connectivity index (χ4n) is 2.69. The first-order valence-corrected chi connectivity index (χ1v) is 9.65. The Morgan fingerprint density at radius 1 is 1.07 bits per heavy atom. The van der Waals surface area contributed by atoms with Gasteiger partial charge in [-0.15, -0.1) is 0 Å². The van der Waals surface area contributed by atoms with Crippen molar-refractivity contribution in [3.05, 3.63) is 52.5 Å². The van der Waals surface area contributed by atoms with Crippen LogP contribution in [0.3, 0.4) is 0 Å². The lowest BCUT2D eigenvalue weighted by Gasteiger charge is -2.12. The number of rotatable bonds is 9. The van der Waals surface area contributed by atoms with Gasteiger partial charge < -0.3 is 25.2 Å². The maximum absolute atomic E-state index is 9.67. The maximum atomic E-state index is 9.67. The standard InChI is InChI=1S/C21H28ClN3O3/c1-4-23-21(24-11-9-15-5-8-19(26)20(13-15)28-3)25-12-10-16-6-7-17(27-2)14-18(16)22/h5-8,13-14,26H,4,9-12H2,1-3H3,(H2,23,24,25). The maximum Gasteiger partial charge on any atom is 0.191 e. The van der Waals surface area contributed by atoms with E-state index in [1.165, 1.54) is 0 Å². The number of nitrogens with zero attached hydrogens (tertiary/aromatic N) is 1. The zero-order valence-electron chi connectivity index (χ0n) is 16.6. The van der Waals surface area contributed by atoms with E-state index >= 15 is 0 Å². The minimum Gasteiger partial charge on any atom is -0.504 e. The van der Waals surface area contributed by atoms with E-state index in [4.69, 9.17) is 21.1 Å². The van der Waals surface area contributed by atoms with Crippen molar-refractivity contribution in [2.24, 2.45) is 4.99 Å². The lowest BCUT2D eigenvalue weighted by atomic mass is 10.1. The quantitative estimate of drug-likeness (QED) is 0.440. The van der Waals surface area contributed by atoms with E-state index in [-0.39, 0.29) is 5.75 Å². The van der Waals surface area contributed by atoms with Gasteiger partial charge in [0.2, 0.25) is 0 Å². The summed E-state index contributed by atoms with van der Waals surface area (Å²) in [4.78, 5) is 4.61. The zero-order chi connectivity index (χ0) is 20.4. The average molecular weight is 406 g/mol. The number of hydrogen-bond donors (Lipinski definition) is 3. The van der Waals surface area contributed by atoms with Gasteiger partial charge in [0.25, 0.3) is 0 Å². The normalized spacial score (nSPS) is 11.2. The van der Waals surface area contributed by atoms with Crippen molar-refractivity contribution in [2.45, 2.75) is 19.8 Å². The van der Waals surface area contributed by atoms with Crippen molar-refractivity contribution >= 4 is 17.6 Å². The summed E-state index contributed by atoms with van der Waals surface area (Å²) in [6.07, 6.45) is 1.53. The van der Waals surface area contributed by atoms with Gasteiger partial charge in [-0.2, -0.15) is 0 Å². The molecule has 2 aromatic carbocycles. The second-order valence-corrected chi connectivity index (χ2v) is 6.56. The van der Waals surface area contributed by atoms with E-state index in [2.05, 4.69) is 15.6 Å². The molecule has 0 fully saturated rings. The summed E-state index contributed by atoms with van der Waals surface area (Å²) in [6, 6.07) is 11.1. The fourth-order valence-corrected chi connectivity index (χ4v) is 2.96. The molecule has 0 unspecified atom stereocenters. The second kappa shape index (κ2) is 11.3. The van der Waals surface area contributed by atoms with Gasteiger partial charge in [-0.25, -0.2) is 0 Å². The molecule has 2 rings (SSSR count). The summed E-state index contributed by atoms with van der Waals surface area (Å²) >= 11 is 6.28. The summed E-state index contributed by atoms with van der Waals surface area (Å²) in [5.41, 5.74) is 2.11. The van der Waals surface area contributed by atoms with Crippen molar-refractivity contribution in [2.75, 3.05) is 33.9 Å². The molecule has 0 radical (unpaired) electrons. The van der Waals surface area contributed by atoms with Crippen LogP contribution in [-0.2, 0) is 12.8 Å². The first kappa shape index (κ1) is 21.7. The molecule has 0 amide bonds. The number of ether oxygens (including phenoxy) is 2. The Bertz CT molecular complexity index is 796. The number of phenols is 1. The minimum atomic E-state index is 0.145. The first-order valence-electron chi connectivity index (χ1n) is 9.27. The molecule has 0 spiro atoms. The van der Waals surface area contributed by atoms with E-state index in [9.17, 15) is 5.11 Å². The van der Waals surface area contributed by atoms with E-state index in [0.717, 1.165) is 42.2 Å². The molecular formula is C21H28ClN3O3. The SMILES string of the molecule is CCNC(=NCCc1ccc(OC)cc1Cl)NCCc1ccc(O)c(OC)c1. The Morgan fingerprint density at radius 3 is 2.57 bits per heavy atom. The molecule has 7 heteroatoms. The van der Waals surface area contributed by atoms with Crippen LogP contribution < -0.4 is 20.1 Å². The van der Waals surface area contributed by atoms with Crippen LogP contribution in [0.5, 0.6) is 17.2 Å². The lowest BCUT2D eigenvalue weighted by Crippen LogP contribution is -2.38. The Hall–Kier alpha value is -2.60. The molecule has 0 aliphatic carbocycles. The van der Waals surface area contributed by atoms with Crippen LogP contribution in [0.1, 0.15) is 18.1 Å². The number of benzene rings is 2. The van der Waals surface area contributed by atoms with Gasteiger partial charge in [0.15, 0.2) is 17.5 Å². The molecule has 2 aromatic rings.